The fraction of sp³-hybridized carbons (Fsp3) is 0.130. The number of hydrogen-bond donors (Lipinski definition) is 2. The van der Waals surface area contributed by atoms with E-state index in [1.165, 1.54) is 6.20 Å². The van der Waals surface area contributed by atoms with E-state index in [2.05, 4.69) is 41.9 Å². The summed E-state index contributed by atoms with van der Waals surface area (Å²) in [5, 5.41) is 14.8. The Morgan fingerprint density at radius 2 is 1.91 bits per heavy atom. The number of methoxy groups -OCH3 is 1. The molecule has 32 heavy (non-hydrogen) atoms. The maximum Gasteiger partial charge on any atom is 0.254 e. The molecule has 4 rings (SSSR count). The lowest BCUT2D eigenvalue weighted by Gasteiger charge is -2.19. The van der Waals surface area contributed by atoms with Gasteiger partial charge in [-0.1, -0.05) is 33.3 Å². The SMILES string of the molecule is COc1ccc(Cn2cc(C(NC(=O)c3cccnc3)Nc3ccc(Br)cc3)nn2)cc1. The summed E-state index contributed by atoms with van der Waals surface area (Å²) in [5.41, 5.74) is 2.92. The van der Waals surface area contributed by atoms with E-state index in [-0.39, 0.29) is 5.91 Å². The van der Waals surface area contributed by atoms with Crippen LogP contribution < -0.4 is 15.4 Å². The largest absolute Gasteiger partial charge is 0.497 e. The Labute approximate surface area is 193 Å². The third-order valence-electron chi connectivity index (χ3n) is 4.71. The molecule has 2 aromatic carbocycles. The molecule has 2 heterocycles. The first-order valence-electron chi connectivity index (χ1n) is 9.86. The zero-order valence-corrected chi connectivity index (χ0v) is 18.9. The lowest BCUT2D eigenvalue weighted by atomic mass is 10.2. The van der Waals surface area contributed by atoms with Gasteiger partial charge in [-0.3, -0.25) is 9.78 Å². The summed E-state index contributed by atoms with van der Waals surface area (Å²) in [6, 6.07) is 18.8. The number of carbonyl (C=O) groups excluding carboxylic acids is 1. The van der Waals surface area contributed by atoms with Crippen molar-refractivity contribution in [2.24, 2.45) is 0 Å². The Morgan fingerprint density at radius 1 is 1.12 bits per heavy atom. The van der Waals surface area contributed by atoms with Crippen molar-refractivity contribution in [3.05, 3.63) is 101 Å². The molecule has 1 amide bonds. The maximum absolute atomic E-state index is 12.8. The quantitative estimate of drug-likeness (QED) is 0.360. The number of hydrogen-bond acceptors (Lipinski definition) is 6. The van der Waals surface area contributed by atoms with Crippen LogP contribution in [0, 0.1) is 0 Å². The second kappa shape index (κ2) is 10.1. The lowest BCUT2D eigenvalue weighted by Crippen LogP contribution is -2.33. The van der Waals surface area contributed by atoms with Crippen LogP contribution in [0.1, 0.15) is 27.8 Å². The van der Waals surface area contributed by atoms with E-state index >= 15 is 0 Å². The first-order valence-corrected chi connectivity index (χ1v) is 10.7. The highest BCUT2D eigenvalue weighted by atomic mass is 79.9. The van der Waals surface area contributed by atoms with Gasteiger partial charge in [0, 0.05) is 22.6 Å². The van der Waals surface area contributed by atoms with E-state index in [1.807, 2.05) is 54.7 Å². The van der Waals surface area contributed by atoms with Gasteiger partial charge in [-0.25, -0.2) is 4.68 Å². The molecular weight excluding hydrogens is 472 g/mol. The van der Waals surface area contributed by atoms with Gasteiger partial charge in [0.1, 0.15) is 17.6 Å². The molecule has 2 aromatic heterocycles. The summed E-state index contributed by atoms with van der Waals surface area (Å²) in [6.45, 7) is 0.540. The number of carbonyl (C=O) groups is 1. The van der Waals surface area contributed by atoms with Crippen molar-refractivity contribution in [2.45, 2.75) is 12.7 Å². The van der Waals surface area contributed by atoms with Crippen molar-refractivity contribution < 1.29 is 9.53 Å². The average molecular weight is 493 g/mol. The average Bonchev–Trinajstić information content (AvgIpc) is 3.29. The molecule has 1 atom stereocenters. The molecule has 1 unspecified atom stereocenters. The minimum atomic E-state index is -0.589. The van der Waals surface area contributed by atoms with E-state index in [0.29, 0.717) is 17.8 Å². The van der Waals surface area contributed by atoms with Gasteiger partial charge < -0.3 is 15.4 Å². The minimum absolute atomic E-state index is 0.266. The Morgan fingerprint density at radius 3 is 2.59 bits per heavy atom. The van der Waals surface area contributed by atoms with Crippen molar-refractivity contribution in [3.8, 4) is 5.75 Å². The standard InChI is InChI=1S/C23H21BrN6O2/c1-32-20-10-4-16(5-11-20)14-30-15-21(28-29-30)22(26-19-8-6-18(24)7-9-19)27-23(31)17-3-2-12-25-13-17/h2-13,15,22,26H,14H2,1H3,(H,27,31). The van der Waals surface area contributed by atoms with Crippen LogP contribution in [0.5, 0.6) is 5.75 Å². The highest BCUT2D eigenvalue weighted by molar-refractivity contribution is 9.10. The predicted molar refractivity (Wildman–Crippen MR) is 124 cm³/mol. The van der Waals surface area contributed by atoms with E-state index in [4.69, 9.17) is 4.74 Å². The summed E-state index contributed by atoms with van der Waals surface area (Å²) in [5.74, 6) is 0.530. The fourth-order valence-electron chi connectivity index (χ4n) is 3.05. The second-order valence-corrected chi connectivity index (χ2v) is 7.90. The third kappa shape index (κ3) is 5.50. The van der Waals surface area contributed by atoms with E-state index in [9.17, 15) is 4.79 Å². The molecule has 0 bridgehead atoms. The number of nitrogens with zero attached hydrogens (tertiary/aromatic N) is 4. The van der Waals surface area contributed by atoms with E-state index in [0.717, 1.165) is 21.5 Å². The highest BCUT2D eigenvalue weighted by Gasteiger charge is 2.19. The molecule has 2 N–H and O–H groups in total. The topological polar surface area (TPSA) is 94.0 Å². The molecule has 0 aliphatic rings. The van der Waals surface area contributed by atoms with Crippen LogP contribution >= 0.6 is 15.9 Å². The molecule has 0 saturated heterocycles. The molecule has 8 nitrogen and oxygen atoms in total. The molecule has 162 valence electrons. The van der Waals surface area contributed by atoms with Crippen LogP contribution in [0.25, 0.3) is 0 Å². The number of aromatic nitrogens is 4. The monoisotopic (exact) mass is 492 g/mol. The number of ether oxygens (including phenoxy) is 1. The number of pyridine rings is 1. The summed E-state index contributed by atoms with van der Waals surface area (Å²) < 4.78 is 7.89. The van der Waals surface area contributed by atoms with Gasteiger partial charge in [0.25, 0.3) is 5.91 Å². The van der Waals surface area contributed by atoms with Crippen LogP contribution in [0.15, 0.2) is 83.7 Å². The van der Waals surface area contributed by atoms with Crippen molar-refractivity contribution in [3.63, 3.8) is 0 Å². The summed E-state index contributed by atoms with van der Waals surface area (Å²) >= 11 is 3.43. The van der Waals surface area contributed by atoms with Gasteiger partial charge in [-0.05, 0) is 54.1 Å². The Kier molecular flexibility index (Phi) is 6.76. The van der Waals surface area contributed by atoms with Gasteiger partial charge in [0.05, 0.1) is 25.4 Å². The molecule has 0 saturated carbocycles. The summed E-state index contributed by atoms with van der Waals surface area (Å²) in [7, 11) is 1.64. The van der Waals surface area contributed by atoms with Crippen molar-refractivity contribution in [1.29, 1.82) is 0 Å². The zero-order chi connectivity index (χ0) is 22.3. The van der Waals surface area contributed by atoms with E-state index in [1.54, 1.807) is 30.1 Å². The fourth-order valence-corrected chi connectivity index (χ4v) is 3.31. The normalized spacial score (nSPS) is 11.6. The number of anilines is 1. The van der Waals surface area contributed by atoms with Crippen molar-refractivity contribution in [2.75, 3.05) is 12.4 Å². The van der Waals surface area contributed by atoms with Gasteiger partial charge in [0.2, 0.25) is 0 Å². The predicted octanol–water partition coefficient (Wildman–Crippen LogP) is 4.03. The van der Waals surface area contributed by atoms with Gasteiger partial charge >= 0.3 is 0 Å². The number of amides is 1. The van der Waals surface area contributed by atoms with Crippen molar-refractivity contribution in [1.82, 2.24) is 25.3 Å². The van der Waals surface area contributed by atoms with Gasteiger partial charge in [-0.2, -0.15) is 0 Å². The van der Waals surface area contributed by atoms with Gasteiger partial charge in [0.15, 0.2) is 0 Å². The van der Waals surface area contributed by atoms with Crippen molar-refractivity contribution >= 4 is 27.5 Å². The molecule has 0 aliphatic heterocycles. The first-order chi connectivity index (χ1) is 15.6. The van der Waals surface area contributed by atoms with Gasteiger partial charge in [-0.15, -0.1) is 5.10 Å². The smallest absolute Gasteiger partial charge is 0.254 e. The third-order valence-corrected chi connectivity index (χ3v) is 5.24. The number of halogens is 1. The van der Waals surface area contributed by atoms with Crippen LogP contribution in [0.3, 0.4) is 0 Å². The van der Waals surface area contributed by atoms with E-state index < -0.39 is 6.17 Å². The minimum Gasteiger partial charge on any atom is -0.497 e. The molecule has 0 aliphatic carbocycles. The second-order valence-electron chi connectivity index (χ2n) is 6.99. The highest BCUT2D eigenvalue weighted by Crippen LogP contribution is 2.20. The van der Waals surface area contributed by atoms with Crippen LogP contribution in [0.4, 0.5) is 5.69 Å². The number of nitrogens with one attached hydrogen (secondary N) is 2. The molecular formula is C23H21BrN6O2. The maximum atomic E-state index is 12.8. The molecule has 0 radical (unpaired) electrons. The molecule has 0 spiro atoms. The molecule has 0 fully saturated rings. The van der Waals surface area contributed by atoms with Crippen LogP contribution in [-0.2, 0) is 6.54 Å². The lowest BCUT2D eigenvalue weighted by molar-refractivity contribution is 0.0940. The Balaban J connectivity index is 1.54. The Hall–Kier alpha value is -3.72. The summed E-state index contributed by atoms with van der Waals surface area (Å²) in [6.07, 6.45) is 4.36. The summed E-state index contributed by atoms with van der Waals surface area (Å²) in [4.78, 5) is 16.8. The number of rotatable bonds is 8. The number of benzene rings is 2. The Bertz CT molecular complexity index is 1160. The first kappa shape index (κ1) is 21.5. The molecule has 9 heteroatoms. The van der Waals surface area contributed by atoms with Crippen LogP contribution in [-0.4, -0.2) is 33.0 Å². The van der Waals surface area contributed by atoms with Crippen LogP contribution in [0.2, 0.25) is 0 Å². The zero-order valence-electron chi connectivity index (χ0n) is 17.3. The molecule has 4 aromatic rings.